The van der Waals surface area contributed by atoms with E-state index in [0.717, 1.165) is 11.3 Å². The van der Waals surface area contributed by atoms with Gasteiger partial charge in [0.15, 0.2) is 0 Å². The molecule has 1 aromatic heterocycles. The van der Waals surface area contributed by atoms with Gasteiger partial charge in [-0.15, -0.1) is 11.3 Å². The average molecular weight is 300 g/mol. The van der Waals surface area contributed by atoms with E-state index in [1.54, 1.807) is 6.07 Å². The number of nitrogens with zero attached hydrogens (tertiary/aromatic N) is 1. The number of carboxylic acid groups (broad SMARTS) is 1. The predicted octanol–water partition coefficient (Wildman–Crippen LogP) is 4.42. The van der Waals surface area contributed by atoms with Crippen molar-refractivity contribution in [2.75, 3.05) is 0 Å². The molecule has 19 heavy (non-hydrogen) atoms. The van der Waals surface area contributed by atoms with Crippen LogP contribution in [0.1, 0.15) is 35.1 Å². The summed E-state index contributed by atoms with van der Waals surface area (Å²) in [7, 11) is 0. The van der Waals surface area contributed by atoms with Crippen molar-refractivity contribution in [1.29, 1.82) is 0 Å². The summed E-state index contributed by atoms with van der Waals surface area (Å²) < 4.78 is 13.4. The molecule has 0 atom stereocenters. The Kier molecular flexibility index (Phi) is 3.87. The number of rotatable bonds is 3. The van der Waals surface area contributed by atoms with Crippen LogP contribution < -0.4 is 0 Å². The zero-order chi connectivity index (χ0) is 14.2. The van der Waals surface area contributed by atoms with Gasteiger partial charge in [0, 0.05) is 5.56 Å². The highest BCUT2D eigenvalue weighted by molar-refractivity contribution is 7.17. The fourth-order valence-corrected chi connectivity index (χ4v) is 2.80. The van der Waals surface area contributed by atoms with Crippen LogP contribution in [0.4, 0.5) is 4.39 Å². The van der Waals surface area contributed by atoms with E-state index in [9.17, 15) is 9.18 Å². The molecule has 2 aromatic rings. The molecule has 0 unspecified atom stereocenters. The highest BCUT2D eigenvalue weighted by atomic mass is 35.5. The molecule has 2 rings (SSSR count). The van der Waals surface area contributed by atoms with Gasteiger partial charge in [0.25, 0.3) is 0 Å². The van der Waals surface area contributed by atoms with Crippen LogP contribution in [0.25, 0.3) is 10.6 Å². The molecule has 0 aliphatic carbocycles. The lowest BCUT2D eigenvalue weighted by atomic mass is 10.1. The SMILES string of the molecule is CC(C)c1nc(-c2ccc(Cl)c(F)c2)sc1C(=O)O. The first-order valence-corrected chi connectivity index (χ1v) is 6.79. The van der Waals surface area contributed by atoms with Gasteiger partial charge in [0.1, 0.15) is 15.7 Å². The number of hydrogen-bond acceptors (Lipinski definition) is 3. The van der Waals surface area contributed by atoms with Crippen molar-refractivity contribution in [2.45, 2.75) is 19.8 Å². The molecule has 0 saturated heterocycles. The fraction of sp³-hybridized carbons (Fsp3) is 0.231. The second-order valence-electron chi connectivity index (χ2n) is 4.32. The zero-order valence-electron chi connectivity index (χ0n) is 10.3. The number of halogens is 2. The van der Waals surface area contributed by atoms with Gasteiger partial charge in [-0.25, -0.2) is 14.2 Å². The van der Waals surface area contributed by atoms with Gasteiger partial charge in [-0.2, -0.15) is 0 Å². The lowest BCUT2D eigenvalue weighted by molar-refractivity contribution is 0.0700. The third-order valence-corrected chi connectivity index (χ3v) is 3.98. The van der Waals surface area contributed by atoms with Crippen molar-refractivity contribution in [2.24, 2.45) is 0 Å². The summed E-state index contributed by atoms with van der Waals surface area (Å²) in [5.74, 6) is -1.56. The number of thiazole rings is 1. The molecule has 0 bridgehead atoms. The number of hydrogen-bond donors (Lipinski definition) is 1. The van der Waals surface area contributed by atoms with Gasteiger partial charge in [0.2, 0.25) is 0 Å². The maximum atomic E-state index is 13.4. The van der Waals surface area contributed by atoms with E-state index in [1.807, 2.05) is 13.8 Å². The van der Waals surface area contributed by atoms with Crippen molar-refractivity contribution in [3.05, 3.63) is 39.6 Å². The summed E-state index contributed by atoms with van der Waals surface area (Å²) in [6.07, 6.45) is 0. The average Bonchev–Trinajstić information content (AvgIpc) is 2.78. The molecule has 0 saturated carbocycles. The molecule has 100 valence electrons. The van der Waals surface area contributed by atoms with Gasteiger partial charge >= 0.3 is 5.97 Å². The minimum Gasteiger partial charge on any atom is -0.477 e. The molecule has 1 heterocycles. The Hall–Kier alpha value is -1.46. The summed E-state index contributed by atoms with van der Waals surface area (Å²) in [6, 6.07) is 4.32. The minimum absolute atomic E-state index is 0.00625. The van der Waals surface area contributed by atoms with Crippen LogP contribution in [0.15, 0.2) is 18.2 Å². The topological polar surface area (TPSA) is 50.2 Å². The summed E-state index contributed by atoms with van der Waals surface area (Å²) in [4.78, 5) is 15.7. The fourth-order valence-electron chi connectivity index (χ4n) is 1.63. The largest absolute Gasteiger partial charge is 0.477 e. The second-order valence-corrected chi connectivity index (χ2v) is 5.73. The first kappa shape index (κ1) is 14.0. The molecule has 0 aliphatic heterocycles. The molecule has 0 spiro atoms. The Morgan fingerprint density at radius 3 is 2.63 bits per heavy atom. The van der Waals surface area contributed by atoms with Crippen molar-refractivity contribution in [3.8, 4) is 10.6 Å². The lowest BCUT2D eigenvalue weighted by Crippen LogP contribution is -2.00. The van der Waals surface area contributed by atoms with E-state index in [4.69, 9.17) is 16.7 Å². The molecule has 0 aliphatic rings. The van der Waals surface area contributed by atoms with Gasteiger partial charge in [-0.3, -0.25) is 0 Å². The summed E-state index contributed by atoms with van der Waals surface area (Å²) in [6.45, 7) is 3.74. The zero-order valence-corrected chi connectivity index (χ0v) is 11.8. The minimum atomic E-state index is -1.01. The van der Waals surface area contributed by atoms with Crippen molar-refractivity contribution < 1.29 is 14.3 Å². The van der Waals surface area contributed by atoms with Crippen LogP contribution in [0, 0.1) is 5.82 Å². The first-order valence-electron chi connectivity index (χ1n) is 5.59. The van der Waals surface area contributed by atoms with Gasteiger partial charge < -0.3 is 5.11 Å². The normalized spacial score (nSPS) is 11.0. The standard InChI is InChI=1S/C13H11ClFNO2S/c1-6(2)10-11(13(17)18)19-12(16-10)7-3-4-8(14)9(15)5-7/h3-6H,1-2H3,(H,17,18). The highest BCUT2D eigenvalue weighted by Crippen LogP contribution is 2.33. The Morgan fingerprint density at radius 2 is 2.16 bits per heavy atom. The van der Waals surface area contributed by atoms with Crippen molar-refractivity contribution in [3.63, 3.8) is 0 Å². The third-order valence-electron chi connectivity index (χ3n) is 2.56. The van der Waals surface area contributed by atoms with Gasteiger partial charge in [-0.1, -0.05) is 31.5 Å². The van der Waals surface area contributed by atoms with Crippen LogP contribution in [0.3, 0.4) is 0 Å². The van der Waals surface area contributed by atoms with E-state index < -0.39 is 11.8 Å². The molecule has 6 heteroatoms. The Balaban J connectivity index is 2.54. The number of carbonyl (C=O) groups is 1. The number of carboxylic acids is 1. The Bertz CT molecular complexity index is 640. The van der Waals surface area contributed by atoms with Gasteiger partial charge in [0.05, 0.1) is 10.7 Å². The molecule has 3 nitrogen and oxygen atoms in total. The molecule has 0 radical (unpaired) electrons. The van der Waals surface area contributed by atoms with Crippen molar-refractivity contribution >= 4 is 28.9 Å². The third kappa shape index (κ3) is 2.77. The van der Waals surface area contributed by atoms with E-state index in [2.05, 4.69) is 4.98 Å². The van der Waals surface area contributed by atoms with Gasteiger partial charge in [-0.05, 0) is 18.1 Å². The molecule has 0 fully saturated rings. The Labute approximate surface area is 118 Å². The Morgan fingerprint density at radius 1 is 1.47 bits per heavy atom. The van der Waals surface area contributed by atoms with Crippen LogP contribution in [0.2, 0.25) is 5.02 Å². The second kappa shape index (κ2) is 5.27. The first-order chi connectivity index (χ1) is 8.90. The molecule has 1 N–H and O–H groups in total. The monoisotopic (exact) mass is 299 g/mol. The maximum absolute atomic E-state index is 13.4. The summed E-state index contributed by atoms with van der Waals surface area (Å²) in [5.41, 5.74) is 1.05. The quantitative estimate of drug-likeness (QED) is 0.912. The maximum Gasteiger partial charge on any atom is 0.347 e. The number of aromatic carboxylic acids is 1. The van der Waals surface area contributed by atoms with E-state index in [0.29, 0.717) is 16.3 Å². The van der Waals surface area contributed by atoms with E-state index >= 15 is 0 Å². The molecular weight excluding hydrogens is 289 g/mol. The molecular formula is C13H11ClFNO2S. The van der Waals surface area contributed by atoms with Crippen molar-refractivity contribution in [1.82, 2.24) is 4.98 Å². The predicted molar refractivity (Wildman–Crippen MR) is 73.6 cm³/mol. The van der Waals surface area contributed by atoms with Crippen LogP contribution in [-0.2, 0) is 0 Å². The van der Waals surface area contributed by atoms with E-state index in [1.165, 1.54) is 12.1 Å². The van der Waals surface area contributed by atoms with Crippen LogP contribution in [-0.4, -0.2) is 16.1 Å². The van der Waals surface area contributed by atoms with Crippen LogP contribution in [0.5, 0.6) is 0 Å². The van der Waals surface area contributed by atoms with E-state index in [-0.39, 0.29) is 15.8 Å². The number of aromatic nitrogens is 1. The molecule has 1 aromatic carbocycles. The smallest absolute Gasteiger partial charge is 0.347 e. The lowest BCUT2D eigenvalue weighted by Gasteiger charge is -2.00. The summed E-state index contributed by atoms with van der Waals surface area (Å²) in [5, 5.41) is 9.66. The van der Waals surface area contributed by atoms with Crippen LogP contribution >= 0.6 is 22.9 Å². The summed E-state index contributed by atoms with van der Waals surface area (Å²) >= 11 is 6.66. The highest BCUT2D eigenvalue weighted by Gasteiger charge is 2.20. The number of benzene rings is 1. The molecule has 0 amide bonds.